The molecule has 0 amide bonds. The van der Waals surface area contributed by atoms with Crippen LogP contribution in [0, 0.1) is 11.3 Å². The van der Waals surface area contributed by atoms with Gasteiger partial charge in [0.05, 0.1) is 12.5 Å². The van der Waals surface area contributed by atoms with E-state index >= 15 is 0 Å². The van der Waals surface area contributed by atoms with Crippen molar-refractivity contribution in [2.75, 3.05) is 7.11 Å². The monoisotopic (exact) mass is 286 g/mol. The highest BCUT2D eigenvalue weighted by Crippen LogP contribution is 2.56. The Morgan fingerprint density at radius 1 is 1.19 bits per heavy atom. The zero-order chi connectivity index (χ0) is 15.3. The Bertz CT molecular complexity index is 589. The summed E-state index contributed by atoms with van der Waals surface area (Å²) in [6, 6.07) is 8.01. The van der Waals surface area contributed by atoms with E-state index in [1.165, 1.54) is 5.56 Å². The number of fused-ring (bicyclic) bond motifs is 2. The van der Waals surface area contributed by atoms with Gasteiger partial charge in [0.2, 0.25) is 0 Å². The van der Waals surface area contributed by atoms with Gasteiger partial charge in [-0.2, -0.15) is 0 Å². The maximum Gasteiger partial charge on any atom is 0.150 e. The van der Waals surface area contributed by atoms with Crippen molar-refractivity contribution in [2.45, 2.75) is 44.9 Å². The molecule has 0 N–H and O–H groups in total. The number of hydrogen-bond acceptors (Lipinski definition) is 3. The van der Waals surface area contributed by atoms with Crippen LogP contribution in [0.4, 0.5) is 0 Å². The Kier molecular flexibility index (Phi) is 3.19. The molecule has 0 spiro atoms. The van der Waals surface area contributed by atoms with Crippen LogP contribution in [0.25, 0.3) is 0 Å². The van der Waals surface area contributed by atoms with Gasteiger partial charge in [0.15, 0.2) is 5.78 Å². The third-order valence-electron chi connectivity index (χ3n) is 5.90. The number of methoxy groups -OCH3 is 1. The molecule has 0 unspecified atom stereocenters. The van der Waals surface area contributed by atoms with Crippen molar-refractivity contribution in [1.29, 1.82) is 0 Å². The van der Waals surface area contributed by atoms with Crippen LogP contribution in [0.15, 0.2) is 24.3 Å². The van der Waals surface area contributed by atoms with E-state index in [4.69, 9.17) is 4.74 Å². The van der Waals surface area contributed by atoms with Gasteiger partial charge < -0.3 is 4.74 Å². The van der Waals surface area contributed by atoms with Crippen LogP contribution in [0.1, 0.15) is 45.1 Å². The molecule has 3 rings (SSSR count). The van der Waals surface area contributed by atoms with Gasteiger partial charge in [-0.05, 0) is 43.9 Å². The molecule has 1 aromatic rings. The molecule has 2 aliphatic carbocycles. The summed E-state index contributed by atoms with van der Waals surface area (Å²) in [6.07, 6.45) is 2.89. The van der Waals surface area contributed by atoms with Gasteiger partial charge in [0.25, 0.3) is 0 Å². The lowest BCUT2D eigenvalue weighted by Gasteiger charge is -2.43. The molecule has 21 heavy (non-hydrogen) atoms. The summed E-state index contributed by atoms with van der Waals surface area (Å²) in [7, 11) is 1.65. The molecule has 112 valence electrons. The van der Waals surface area contributed by atoms with E-state index in [-0.39, 0.29) is 22.9 Å². The second-order valence-electron chi connectivity index (χ2n) is 6.61. The van der Waals surface area contributed by atoms with Crippen molar-refractivity contribution in [2.24, 2.45) is 11.3 Å². The fraction of sp³-hybridized carbons (Fsp3) is 0.556. The number of hydrogen-bond donors (Lipinski definition) is 0. The topological polar surface area (TPSA) is 43.4 Å². The molecule has 1 aromatic carbocycles. The van der Waals surface area contributed by atoms with Gasteiger partial charge in [-0.15, -0.1) is 0 Å². The third-order valence-corrected chi connectivity index (χ3v) is 5.90. The van der Waals surface area contributed by atoms with E-state index < -0.39 is 5.41 Å². The summed E-state index contributed by atoms with van der Waals surface area (Å²) < 4.78 is 5.22. The van der Waals surface area contributed by atoms with Gasteiger partial charge in [-0.3, -0.25) is 9.59 Å². The largest absolute Gasteiger partial charge is 0.497 e. The highest BCUT2D eigenvalue weighted by atomic mass is 16.5. The first kappa shape index (κ1) is 14.3. The summed E-state index contributed by atoms with van der Waals surface area (Å²) in [5.74, 6) is 0.972. The Balaban J connectivity index is 2.05. The summed E-state index contributed by atoms with van der Waals surface area (Å²) in [5.41, 5.74) is 0.270. The van der Waals surface area contributed by atoms with Crippen LogP contribution >= 0.6 is 0 Å². The van der Waals surface area contributed by atoms with Gasteiger partial charge in [0.1, 0.15) is 11.5 Å². The molecule has 2 bridgehead atoms. The van der Waals surface area contributed by atoms with E-state index in [0.29, 0.717) is 12.8 Å². The smallest absolute Gasteiger partial charge is 0.150 e. The predicted molar refractivity (Wildman–Crippen MR) is 80.4 cm³/mol. The zero-order valence-electron chi connectivity index (χ0n) is 12.9. The maximum atomic E-state index is 12.7. The molecular formula is C18H22O3. The average Bonchev–Trinajstić information content (AvgIpc) is 2.67. The lowest BCUT2D eigenvalue weighted by Crippen LogP contribution is -2.46. The average molecular weight is 286 g/mol. The second-order valence-corrected chi connectivity index (χ2v) is 6.61. The Morgan fingerprint density at radius 2 is 1.86 bits per heavy atom. The minimum Gasteiger partial charge on any atom is -0.497 e. The molecule has 3 heteroatoms. The third kappa shape index (κ3) is 1.79. The van der Waals surface area contributed by atoms with E-state index in [9.17, 15) is 9.59 Å². The molecule has 2 saturated carbocycles. The minimum atomic E-state index is -0.712. The summed E-state index contributed by atoms with van der Waals surface area (Å²) in [4.78, 5) is 25.0. The first-order chi connectivity index (χ1) is 9.98. The van der Waals surface area contributed by atoms with Crippen molar-refractivity contribution in [3.63, 3.8) is 0 Å². The number of ketones is 2. The molecule has 2 fully saturated rings. The Morgan fingerprint density at radius 3 is 2.43 bits per heavy atom. The molecule has 0 aromatic heterocycles. The fourth-order valence-electron chi connectivity index (χ4n) is 4.28. The normalized spacial score (nSPS) is 35.1. The number of Topliss-reactive ketones (excluding diaryl/α,β-unsaturated/α-hetero) is 2. The predicted octanol–water partition coefficient (Wildman–Crippen LogP) is 3.30. The number of benzene rings is 1. The van der Waals surface area contributed by atoms with Crippen molar-refractivity contribution < 1.29 is 14.3 Å². The minimum absolute atomic E-state index is 0.140. The SMILES string of the molecule is CC[C@]1(c2ccc(OC)cc2)CC[C@]2(C)C(=O)C[C@H]1C2=O. The van der Waals surface area contributed by atoms with Gasteiger partial charge >= 0.3 is 0 Å². The van der Waals surface area contributed by atoms with E-state index in [0.717, 1.165) is 18.6 Å². The zero-order valence-corrected chi connectivity index (χ0v) is 12.9. The quantitative estimate of drug-likeness (QED) is 0.801. The first-order valence-electron chi connectivity index (χ1n) is 7.70. The van der Waals surface area contributed by atoms with E-state index in [1.807, 2.05) is 19.1 Å². The van der Waals surface area contributed by atoms with Crippen molar-refractivity contribution >= 4 is 11.6 Å². The van der Waals surface area contributed by atoms with Crippen LogP contribution in [0.5, 0.6) is 5.75 Å². The van der Waals surface area contributed by atoms with E-state index in [1.54, 1.807) is 7.11 Å². The Labute approximate surface area is 125 Å². The second kappa shape index (κ2) is 4.69. The van der Waals surface area contributed by atoms with E-state index in [2.05, 4.69) is 19.1 Å². The van der Waals surface area contributed by atoms with Gasteiger partial charge in [-0.25, -0.2) is 0 Å². The number of carbonyl (C=O) groups is 2. The first-order valence-corrected chi connectivity index (χ1v) is 7.70. The molecule has 0 radical (unpaired) electrons. The molecule has 2 aliphatic rings. The van der Waals surface area contributed by atoms with Gasteiger partial charge in [-0.1, -0.05) is 19.1 Å². The molecule has 0 heterocycles. The molecule has 3 nitrogen and oxygen atoms in total. The maximum absolute atomic E-state index is 12.7. The number of rotatable bonds is 3. The van der Waals surface area contributed by atoms with Crippen LogP contribution in [-0.2, 0) is 15.0 Å². The van der Waals surface area contributed by atoms with Crippen LogP contribution in [0.2, 0.25) is 0 Å². The van der Waals surface area contributed by atoms with Crippen molar-refractivity contribution in [1.82, 2.24) is 0 Å². The van der Waals surface area contributed by atoms with Crippen LogP contribution in [-0.4, -0.2) is 18.7 Å². The molecule has 0 saturated heterocycles. The lowest BCUT2D eigenvalue weighted by molar-refractivity contribution is -0.138. The Hall–Kier alpha value is -1.64. The number of carbonyl (C=O) groups excluding carboxylic acids is 2. The summed E-state index contributed by atoms with van der Waals surface area (Å²) in [5, 5.41) is 0. The summed E-state index contributed by atoms with van der Waals surface area (Å²) >= 11 is 0. The lowest BCUT2D eigenvalue weighted by atomic mass is 9.58. The molecular weight excluding hydrogens is 264 g/mol. The van der Waals surface area contributed by atoms with Crippen molar-refractivity contribution in [3.8, 4) is 5.75 Å². The highest BCUT2D eigenvalue weighted by Gasteiger charge is 2.61. The van der Waals surface area contributed by atoms with Crippen LogP contribution in [0.3, 0.4) is 0 Å². The molecule has 0 aliphatic heterocycles. The standard InChI is InChI=1S/C18H22O3/c1-4-18(12-5-7-13(21-3)8-6-12)10-9-17(2)15(19)11-14(18)16(17)20/h5-8,14H,4,9-11H2,1-3H3/t14-,17+,18+/m0/s1. The van der Waals surface area contributed by atoms with Crippen molar-refractivity contribution in [3.05, 3.63) is 29.8 Å². The van der Waals surface area contributed by atoms with Gasteiger partial charge in [0, 0.05) is 17.8 Å². The number of ether oxygens (including phenoxy) is 1. The fourth-order valence-corrected chi connectivity index (χ4v) is 4.28. The van der Waals surface area contributed by atoms with Crippen LogP contribution < -0.4 is 4.74 Å². The molecule has 3 atom stereocenters. The summed E-state index contributed by atoms with van der Waals surface area (Å²) in [6.45, 7) is 3.97. The highest BCUT2D eigenvalue weighted by molar-refractivity contribution is 6.15.